The van der Waals surface area contributed by atoms with Crippen LogP contribution < -0.4 is 4.74 Å². The summed E-state index contributed by atoms with van der Waals surface area (Å²) in [5, 5.41) is 0. The zero-order chi connectivity index (χ0) is 14.5. The number of allylic oxidation sites excluding steroid dienone is 1. The predicted octanol–water partition coefficient (Wildman–Crippen LogP) is 3.36. The van der Waals surface area contributed by atoms with Crippen molar-refractivity contribution in [1.82, 2.24) is 0 Å². The summed E-state index contributed by atoms with van der Waals surface area (Å²) in [5.41, 5.74) is 1.57. The predicted molar refractivity (Wildman–Crippen MR) is 81.5 cm³/mol. The van der Waals surface area contributed by atoms with Gasteiger partial charge in [0.15, 0.2) is 5.78 Å². The molecular formula is C18H16O3. The van der Waals surface area contributed by atoms with Gasteiger partial charge in [-0.1, -0.05) is 48.5 Å². The second kappa shape index (κ2) is 6.37. The molecule has 1 aliphatic rings. The van der Waals surface area contributed by atoms with Crippen LogP contribution in [-0.2, 0) is 4.74 Å². The van der Waals surface area contributed by atoms with E-state index >= 15 is 0 Å². The van der Waals surface area contributed by atoms with E-state index in [0.717, 1.165) is 17.9 Å². The van der Waals surface area contributed by atoms with Crippen LogP contribution >= 0.6 is 0 Å². The smallest absolute Gasteiger partial charge is 0.185 e. The fraction of sp³-hybridized carbons (Fsp3) is 0.167. The van der Waals surface area contributed by atoms with E-state index < -0.39 is 0 Å². The van der Waals surface area contributed by atoms with Gasteiger partial charge in [-0.2, -0.15) is 0 Å². The Morgan fingerprint density at radius 3 is 2.62 bits per heavy atom. The summed E-state index contributed by atoms with van der Waals surface area (Å²) >= 11 is 0. The second-order valence-electron chi connectivity index (χ2n) is 4.87. The first-order chi connectivity index (χ1) is 10.3. The zero-order valence-electron chi connectivity index (χ0n) is 11.6. The molecular weight excluding hydrogens is 264 g/mol. The molecule has 3 heteroatoms. The highest BCUT2D eigenvalue weighted by molar-refractivity contribution is 6.06. The van der Waals surface area contributed by atoms with Crippen LogP contribution in [0.1, 0.15) is 15.9 Å². The van der Waals surface area contributed by atoms with Gasteiger partial charge in [-0.05, 0) is 18.2 Å². The Hall–Kier alpha value is -2.39. The molecule has 0 amide bonds. The van der Waals surface area contributed by atoms with E-state index in [1.807, 2.05) is 42.5 Å². The molecule has 1 unspecified atom stereocenters. The largest absolute Gasteiger partial charge is 0.490 e. The van der Waals surface area contributed by atoms with Crippen molar-refractivity contribution in [1.29, 1.82) is 0 Å². The minimum absolute atomic E-state index is 0.0177. The number of carbonyl (C=O) groups is 1. The molecule has 1 fully saturated rings. The maximum atomic E-state index is 12.1. The fourth-order valence-electron chi connectivity index (χ4n) is 1.96. The molecule has 0 radical (unpaired) electrons. The van der Waals surface area contributed by atoms with Crippen molar-refractivity contribution in [2.24, 2.45) is 0 Å². The standard InChI is InChI=1S/C18H16O3/c19-17(14-6-2-1-3-7-14)11-10-15-8-4-5-9-18(15)21-13-16-12-20-16/h1-11,16H,12-13H2. The van der Waals surface area contributed by atoms with Crippen LogP contribution in [0.25, 0.3) is 6.08 Å². The van der Waals surface area contributed by atoms with E-state index in [-0.39, 0.29) is 11.9 Å². The summed E-state index contributed by atoms with van der Waals surface area (Å²) < 4.78 is 10.8. The van der Waals surface area contributed by atoms with Crippen molar-refractivity contribution in [2.45, 2.75) is 6.10 Å². The van der Waals surface area contributed by atoms with E-state index in [1.54, 1.807) is 24.3 Å². The molecule has 3 nitrogen and oxygen atoms in total. The first-order valence-electron chi connectivity index (χ1n) is 6.94. The van der Waals surface area contributed by atoms with Gasteiger partial charge in [-0.25, -0.2) is 0 Å². The van der Waals surface area contributed by atoms with Crippen LogP contribution in [0.15, 0.2) is 60.7 Å². The van der Waals surface area contributed by atoms with Crippen LogP contribution in [0.2, 0.25) is 0 Å². The molecule has 0 N–H and O–H groups in total. The van der Waals surface area contributed by atoms with Gasteiger partial charge in [-0.15, -0.1) is 0 Å². The quantitative estimate of drug-likeness (QED) is 0.462. The van der Waals surface area contributed by atoms with Crippen LogP contribution in [0.5, 0.6) is 5.75 Å². The summed E-state index contributed by atoms with van der Waals surface area (Å²) in [6, 6.07) is 16.9. The van der Waals surface area contributed by atoms with E-state index in [9.17, 15) is 4.79 Å². The molecule has 106 valence electrons. The first kappa shape index (κ1) is 13.6. The van der Waals surface area contributed by atoms with E-state index in [1.165, 1.54) is 0 Å². The third-order valence-corrected chi connectivity index (χ3v) is 3.22. The highest BCUT2D eigenvalue weighted by atomic mass is 16.6. The van der Waals surface area contributed by atoms with Gasteiger partial charge in [0, 0.05) is 11.1 Å². The zero-order valence-corrected chi connectivity index (χ0v) is 11.6. The lowest BCUT2D eigenvalue weighted by Crippen LogP contribution is -2.04. The minimum Gasteiger partial charge on any atom is -0.490 e. The molecule has 2 aromatic rings. The second-order valence-corrected chi connectivity index (χ2v) is 4.87. The van der Waals surface area contributed by atoms with Crippen LogP contribution in [0.4, 0.5) is 0 Å². The summed E-state index contributed by atoms with van der Waals surface area (Å²) in [5.74, 6) is 0.751. The van der Waals surface area contributed by atoms with Gasteiger partial charge in [-0.3, -0.25) is 4.79 Å². The average molecular weight is 280 g/mol. The van der Waals surface area contributed by atoms with Crippen molar-refractivity contribution in [3.05, 3.63) is 71.8 Å². The van der Waals surface area contributed by atoms with Crippen LogP contribution in [-0.4, -0.2) is 25.1 Å². The molecule has 0 saturated carbocycles. The van der Waals surface area contributed by atoms with Gasteiger partial charge in [0.1, 0.15) is 18.5 Å². The Kier molecular flexibility index (Phi) is 4.12. The third-order valence-electron chi connectivity index (χ3n) is 3.22. The van der Waals surface area contributed by atoms with Crippen molar-refractivity contribution in [2.75, 3.05) is 13.2 Å². The number of ketones is 1. The molecule has 3 rings (SSSR count). The lowest BCUT2D eigenvalue weighted by Gasteiger charge is -2.07. The van der Waals surface area contributed by atoms with Crippen molar-refractivity contribution >= 4 is 11.9 Å². The molecule has 1 atom stereocenters. The topological polar surface area (TPSA) is 38.8 Å². The van der Waals surface area contributed by atoms with Gasteiger partial charge >= 0.3 is 0 Å². The molecule has 0 spiro atoms. The average Bonchev–Trinajstić information content (AvgIpc) is 3.36. The van der Waals surface area contributed by atoms with Gasteiger partial charge < -0.3 is 9.47 Å². The number of rotatable bonds is 6. The molecule has 0 bridgehead atoms. The Balaban J connectivity index is 1.71. The van der Waals surface area contributed by atoms with Gasteiger partial charge in [0.25, 0.3) is 0 Å². The molecule has 0 aliphatic carbocycles. The normalized spacial score (nSPS) is 16.9. The maximum Gasteiger partial charge on any atom is 0.185 e. The van der Waals surface area contributed by atoms with Gasteiger partial charge in [0.2, 0.25) is 0 Å². The Morgan fingerprint density at radius 1 is 1.14 bits per heavy atom. The van der Waals surface area contributed by atoms with E-state index in [4.69, 9.17) is 9.47 Å². The van der Waals surface area contributed by atoms with Crippen molar-refractivity contribution < 1.29 is 14.3 Å². The molecule has 21 heavy (non-hydrogen) atoms. The highest BCUT2D eigenvalue weighted by Crippen LogP contribution is 2.21. The minimum atomic E-state index is -0.0177. The van der Waals surface area contributed by atoms with Gasteiger partial charge in [0.05, 0.1) is 6.61 Å². The lowest BCUT2D eigenvalue weighted by atomic mass is 10.1. The molecule has 1 heterocycles. The van der Waals surface area contributed by atoms with Crippen molar-refractivity contribution in [3.63, 3.8) is 0 Å². The Bertz CT molecular complexity index is 643. The molecule has 2 aromatic carbocycles. The number of hydrogen-bond donors (Lipinski definition) is 0. The number of para-hydroxylation sites is 1. The SMILES string of the molecule is O=C(C=Cc1ccccc1OCC1CO1)c1ccccc1. The molecule has 1 aliphatic heterocycles. The number of benzene rings is 2. The maximum absolute atomic E-state index is 12.1. The monoisotopic (exact) mass is 280 g/mol. The molecule has 1 saturated heterocycles. The Labute approximate surface area is 123 Å². The molecule has 0 aromatic heterocycles. The lowest BCUT2D eigenvalue weighted by molar-refractivity contribution is 0.104. The summed E-state index contributed by atoms with van der Waals surface area (Å²) in [6.07, 6.45) is 3.58. The highest BCUT2D eigenvalue weighted by Gasteiger charge is 2.23. The first-order valence-corrected chi connectivity index (χ1v) is 6.94. The van der Waals surface area contributed by atoms with Crippen molar-refractivity contribution in [3.8, 4) is 5.75 Å². The Morgan fingerprint density at radius 2 is 1.86 bits per heavy atom. The fourth-order valence-corrected chi connectivity index (χ4v) is 1.96. The number of carbonyl (C=O) groups excluding carboxylic acids is 1. The van der Waals surface area contributed by atoms with E-state index in [0.29, 0.717) is 12.2 Å². The van der Waals surface area contributed by atoms with Crippen LogP contribution in [0, 0.1) is 0 Å². The van der Waals surface area contributed by atoms with E-state index in [2.05, 4.69) is 0 Å². The number of hydrogen-bond acceptors (Lipinski definition) is 3. The van der Waals surface area contributed by atoms with Crippen LogP contribution in [0.3, 0.4) is 0 Å². The third kappa shape index (κ3) is 3.80. The summed E-state index contributed by atoms with van der Waals surface area (Å²) in [4.78, 5) is 12.1. The number of ether oxygens (including phenoxy) is 2. The number of epoxide rings is 1. The summed E-state index contributed by atoms with van der Waals surface area (Å²) in [7, 11) is 0. The summed E-state index contributed by atoms with van der Waals surface area (Å²) in [6.45, 7) is 1.32.